The molecule has 1 amide bonds. The highest BCUT2D eigenvalue weighted by Crippen LogP contribution is 2.23. The Bertz CT molecular complexity index is 475. The van der Waals surface area contributed by atoms with Crippen LogP contribution in [0.5, 0.6) is 0 Å². The molecule has 1 aromatic rings. The van der Waals surface area contributed by atoms with E-state index >= 15 is 0 Å². The lowest BCUT2D eigenvalue weighted by atomic mass is 9.88. The van der Waals surface area contributed by atoms with Crippen LogP contribution < -0.4 is 0 Å². The number of ketones is 1. The van der Waals surface area contributed by atoms with Crippen molar-refractivity contribution >= 4 is 23.5 Å². The van der Waals surface area contributed by atoms with Crippen LogP contribution in [0, 0.1) is 11.8 Å². The summed E-state index contributed by atoms with van der Waals surface area (Å²) >= 11 is 1.66. The number of hydrogen-bond acceptors (Lipinski definition) is 3. The molecule has 1 aliphatic rings. The minimum Gasteiger partial charge on any atom is -0.337 e. The van der Waals surface area contributed by atoms with Crippen LogP contribution in [-0.2, 0) is 4.79 Å². The first-order chi connectivity index (χ1) is 9.02. The third-order valence-corrected chi connectivity index (χ3v) is 4.22. The number of carbonyl (C=O) groups is 2. The Morgan fingerprint density at radius 3 is 2.26 bits per heavy atom. The summed E-state index contributed by atoms with van der Waals surface area (Å²) in [4.78, 5) is 26.8. The van der Waals surface area contributed by atoms with Gasteiger partial charge in [0.15, 0.2) is 0 Å². The third-order valence-electron chi connectivity index (χ3n) is 3.48. The van der Waals surface area contributed by atoms with Gasteiger partial charge in [-0.15, -0.1) is 11.8 Å². The van der Waals surface area contributed by atoms with Gasteiger partial charge in [0.2, 0.25) is 0 Å². The topological polar surface area (TPSA) is 37.4 Å². The van der Waals surface area contributed by atoms with Crippen LogP contribution in [0.15, 0.2) is 29.2 Å². The van der Waals surface area contributed by atoms with E-state index in [1.54, 1.807) is 16.7 Å². The number of likely N-dealkylation sites (tertiary alicyclic amines) is 1. The average Bonchev–Trinajstić information content (AvgIpc) is 2.36. The minimum atomic E-state index is 0.0282. The molecule has 4 heteroatoms. The zero-order valence-corrected chi connectivity index (χ0v) is 12.4. The number of rotatable bonds is 4. The van der Waals surface area contributed by atoms with Gasteiger partial charge in [-0.05, 0) is 30.5 Å². The molecular formula is C15H19NO2S. The van der Waals surface area contributed by atoms with Crippen molar-refractivity contribution in [1.82, 2.24) is 4.90 Å². The van der Waals surface area contributed by atoms with Crippen LogP contribution in [-0.4, -0.2) is 35.9 Å². The summed E-state index contributed by atoms with van der Waals surface area (Å²) in [5.41, 5.74) is 0.702. The van der Waals surface area contributed by atoms with Gasteiger partial charge in [-0.2, -0.15) is 0 Å². The number of amides is 1. The fraction of sp³-hybridized carbons (Fsp3) is 0.467. The predicted molar refractivity (Wildman–Crippen MR) is 77.5 cm³/mol. The fourth-order valence-electron chi connectivity index (χ4n) is 2.21. The van der Waals surface area contributed by atoms with E-state index in [-0.39, 0.29) is 23.5 Å². The van der Waals surface area contributed by atoms with E-state index in [9.17, 15) is 9.59 Å². The van der Waals surface area contributed by atoms with Crippen molar-refractivity contribution in [3.05, 3.63) is 29.8 Å². The summed E-state index contributed by atoms with van der Waals surface area (Å²) in [6, 6.07) is 7.61. The van der Waals surface area contributed by atoms with E-state index in [1.807, 2.05) is 44.4 Å². The molecule has 102 valence electrons. The summed E-state index contributed by atoms with van der Waals surface area (Å²) < 4.78 is 0. The summed E-state index contributed by atoms with van der Waals surface area (Å²) in [5.74, 6) is 0.389. The molecule has 1 saturated heterocycles. The molecule has 0 atom stereocenters. The molecule has 1 heterocycles. The van der Waals surface area contributed by atoms with Gasteiger partial charge >= 0.3 is 0 Å². The smallest absolute Gasteiger partial charge is 0.253 e. The molecule has 0 saturated carbocycles. The Balaban J connectivity index is 1.94. The molecule has 1 fully saturated rings. The largest absolute Gasteiger partial charge is 0.337 e. The first kappa shape index (κ1) is 14.1. The van der Waals surface area contributed by atoms with Crippen LogP contribution in [0.4, 0.5) is 0 Å². The van der Waals surface area contributed by atoms with Crippen molar-refractivity contribution in [3.63, 3.8) is 0 Å². The standard InChI is InChI=1S/C15H19NO2S/c1-10(2)14(17)12-8-16(9-12)15(18)11-4-6-13(19-3)7-5-11/h4-7,10,12H,8-9H2,1-3H3. The first-order valence-electron chi connectivity index (χ1n) is 6.50. The molecule has 0 unspecified atom stereocenters. The molecule has 0 radical (unpaired) electrons. The van der Waals surface area contributed by atoms with Crippen molar-refractivity contribution in [1.29, 1.82) is 0 Å². The van der Waals surface area contributed by atoms with Crippen molar-refractivity contribution in [3.8, 4) is 0 Å². The first-order valence-corrected chi connectivity index (χ1v) is 7.72. The second-order valence-corrected chi connectivity index (χ2v) is 6.07. The number of nitrogens with zero attached hydrogens (tertiary/aromatic N) is 1. The van der Waals surface area contributed by atoms with Crippen LogP contribution in [0.3, 0.4) is 0 Å². The van der Waals surface area contributed by atoms with E-state index < -0.39 is 0 Å². The van der Waals surface area contributed by atoms with Crippen molar-refractivity contribution in [2.75, 3.05) is 19.3 Å². The molecule has 1 aliphatic heterocycles. The highest BCUT2D eigenvalue weighted by Gasteiger charge is 2.36. The van der Waals surface area contributed by atoms with Gasteiger partial charge in [0.1, 0.15) is 5.78 Å². The molecule has 2 rings (SSSR count). The lowest BCUT2D eigenvalue weighted by Gasteiger charge is -2.39. The zero-order chi connectivity index (χ0) is 14.0. The van der Waals surface area contributed by atoms with Crippen molar-refractivity contribution in [2.24, 2.45) is 11.8 Å². The number of carbonyl (C=O) groups excluding carboxylic acids is 2. The quantitative estimate of drug-likeness (QED) is 0.794. The van der Waals surface area contributed by atoms with E-state index in [1.165, 1.54) is 0 Å². The second kappa shape index (κ2) is 5.78. The summed E-state index contributed by atoms with van der Waals surface area (Å²) in [6.07, 6.45) is 2.01. The van der Waals surface area contributed by atoms with Gasteiger partial charge in [0.05, 0.1) is 5.92 Å². The maximum Gasteiger partial charge on any atom is 0.253 e. The summed E-state index contributed by atoms with van der Waals surface area (Å²) in [7, 11) is 0. The SMILES string of the molecule is CSc1ccc(C(=O)N2CC(C(=O)C(C)C)C2)cc1. The molecule has 0 bridgehead atoms. The normalized spacial score (nSPS) is 15.5. The highest BCUT2D eigenvalue weighted by molar-refractivity contribution is 7.98. The lowest BCUT2D eigenvalue weighted by molar-refractivity contribution is -0.129. The van der Waals surface area contributed by atoms with Crippen LogP contribution in [0.25, 0.3) is 0 Å². The van der Waals surface area contributed by atoms with Crippen LogP contribution in [0.2, 0.25) is 0 Å². The monoisotopic (exact) mass is 277 g/mol. The third kappa shape index (κ3) is 3.00. The van der Waals surface area contributed by atoms with Crippen molar-refractivity contribution in [2.45, 2.75) is 18.7 Å². The van der Waals surface area contributed by atoms with E-state index in [4.69, 9.17) is 0 Å². The molecule has 0 aliphatic carbocycles. The maximum absolute atomic E-state index is 12.2. The molecule has 19 heavy (non-hydrogen) atoms. The molecule has 3 nitrogen and oxygen atoms in total. The van der Waals surface area contributed by atoms with Gasteiger partial charge in [-0.3, -0.25) is 9.59 Å². The number of hydrogen-bond donors (Lipinski definition) is 0. The molecule has 0 N–H and O–H groups in total. The average molecular weight is 277 g/mol. The summed E-state index contributed by atoms with van der Waals surface area (Å²) in [6.45, 7) is 4.96. The van der Waals surface area contributed by atoms with Crippen LogP contribution >= 0.6 is 11.8 Å². The molecular weight excluding hydrogens is 258 g/mol. The van der Waals surface area contributed by atoms with Crippen LogP contribution in [0.1, 0.15) is 24.2 Å². The minimum absolute atomic E-state index is 0.0282. The van der Waals surface area contributed by atoms with Gasteiger partial charge in [-0.1, -0.05) is 13.8 Å². The maximum atomic E-state index is 12.2. The van der Waals surface area contributed by atoms with Gasteiger partial charge in [0.25, 0.3) is 5.91 Å². The number of thioether (sulfide) groups is 1. The molecule has 0 spiro atoms. The van der Waals surface area contributed by atoms with E-state index in [2.05, 4.69) is 0 Å². The number of Topliss-reactive ketones (excluding diaryl/α,β-unsaturated/α-hetero) is 1. The number of benzene rings is 1. The Labute approximate surface area is 118 Å². The Hall–Kier alpha value is -1.29. The van der Waals surface area contributed by atoms with Gasteiger partial charge in [0, 0.05) is 29.5 Å². The highest BCUT2D eigenvalue weighted by atomic mass is 32.2. The van der Waals surface area contributed by atoms with E-state index in [0.29, 0.717) is 18.7 Å². The predicted octanol–water partition coefficient (Wildman–Crippen LogP) is 2.71. The zero-order valence-electron chi connectivity index (χ0n) is 11.6. The second-order valence-electron chi connectivity index (χ2n) is 5.19. The Morgan fingerprint density at radius 2 is 1.79 bits per heavy atom. The Morgan fingerprint density at radius 1 is 1.21 bits per heavy atom. The van der Waals surface area contributed by atoms with Crippen molar-refractivity contribution < 1.29 is 9.59 Å². The molecule has 1 aromatic carbocycles. The fourth-order valence-corrected chi connectivity index (χ4v) is 2.62. The Kier molecular flexibility index (Phi) is 4.30. The summed E-state index contributed by atoms with van der Waals surface area (Å²) in [5, 5.41) is 0. The lowest BCUT2D eigenvalue weighted by Crippen LogP contribution is -2.53. The van der Waals surface area contributed by atoms with E-state index in [0.717, 1.165) is 4.90 Å². The molecule has 0 aromatic heterocycles. The van der Waals surface area contributed by atoms with Gasteiger partial charge < -0.3 is 4.90 Å². The van der Waals surface area contributed by atoms with Gasteiger partial charge in [-0.25, -0.2) is 0 Å².